The summed E-state index contributed by atoms with van der Waals surface area (Å²) in [6.45, 7) is 8.41. The number of nitrogens with zero attached hydrogens (tertiary/aromatic N) is 1. The van der Waals surface area contributed by atoms with Crippen LogP contribution < -0.4 is 0 Å². The Labute approximate surface area is 106 Å². The Morgan fingerprint density at radius 2 is 2.06 bits per heavy atom. The Bertz CT molecular complexity index is 270. The first kappa shape index (κ1) is 13.7. The maximum absolute atomic E-state index is 11.3. The van der Waals surface area contributed by atoms with Crippen molar-refractivity contribution in [3.63, 3.8) is 0 Å². The lowest BCUT2D eigenvalue weighted by Gasteiger charge is -2.38. The summed E-state index contributed by atoms with van der Waals surface area (Å²) in [5, 5.41) is 9.34. The third kappa shape index (κ3) is 3.32. The van der Waals surface area contributed by atoms with Gasteiger partial charge in [0, 0.05) is 11.0 Å². The normalized spacial score (nSPS) is 20.6. The SMILES string of the molecule is C=C(Br)CN1CCC(CCC)(C(=O)O)CC1. The van der Waals surface area contributed by atoms with Gasteiger partial charge < -0.3 is 5.11 Å². The third-order valence-electron chi connectivity index (χ3n) is 3.39. The quantitative estimate of drug-likeness (QED) is 0.846. The number of hydrogen-bond acceptors (Lipinski definition) is 2. The Kier molecular flexibility index (Phi) is 4.99. The molecule has 1 fully saturated rings. The van der Waals surface area contributed by atoms with Crippen LogP contribution in [0.3, 0.4) is 0 Å². The van der Waals surface area contributed by atoms with Crippen LogP contribution >= 0.6 is 15.9 Å². The monoisotopic (exact) mass is 289 g/mol. The summed E-state index contributed by atoms with van der Waals surface area (Å²) in [7, 11) is 0. The maximum atomic E-state index is 11.3. The number of carbonyl (C=O) groups is 1. The van der Waals surface area contributed by atoms with Crippen LogP contribution in [-0.2, 0) is 4.79 Å². The zero-order valence-corrected chi connectivity index (χ0v) is 11.4. The number of piperidine rings is 1. The molecule has 0 radical (unpaired) electrons. The molecule has 0 aromatic rings. The summed E-state index contributed by atoms with van der Waals surface area (Å²) >= 11 is 3.35. The molecule has 0 bridgehead atoms. The van der Waals surface area contributed by atoms with Crippen molar-refractivity contribution < 1.29 is 9.90 Å². The van der Waals surface area contributed by atoms with E-state index in [1.165, 1.54) is 0 Å². The van der Waals surface area contributed by atoms with Crippen LogP contribution in [0.2, 0.25) is 0 Å². The molecule has 0 aliphatic carbocycles. The van der Waals surface area contributed by atoms with Gasteiger partial charge in [0.05, 0.1) is 5.41 Å². The van der Waals surface area contributed by atoms with E-state index in [4.69, 9.17) is 0 Å². The first-order chi connectivity index (χ1) is 7.50. The molecule has 4 heteroatoms. The van der Waals surface area contributed by atoms with Crippen molar-refractivity contribution >= 4 is 21.9 Å². The van der Waals surface area contributed by atoms with Crippen molar-refractivity contribution in [2.45, 2.75) is 32.6 Å². The molecule has 1 aliphatic heterocycles. The van der Waals surface area contributed by atoms with E-state index in [2.05, 4.69) is 34.3 Å². The van der Waals surface area contributed by atoms with Gasteiger partial charge in [-0.05, 0) is 32.4 Å². The summed E-state index contributed by atoms with van der Waals surface area (Å²) in [6, 6.07) is 0. The zero-order valence-electron chi connectivity index (χ0n) is 9.84. The van der Waals surface area contributed by atoms with Crippen molar-refractivity contribution in [2.24, 2.45) is 5.41 Å². The van der Waals surface area contributed by atoms with E-state index in [1.54, 1.807) is 0 Å². The lowest BCUT2D eigenvalue weighted by molar-refractivity contribution is -0.152. The van der Waals surface area contributed by atoms with E-state index >= 15 is 0 Å². The molecule has 3 nitrogen and oxygen atoms in total. The van der Waals surface area contributed by atoms with E-state index in [0.717, 1.165) is 49.8 Å². The van der Waals surface area contributed by atoms with E-state index in [9.17, 15) is 9.90 Å². The summed E-state index contributed by atoms with van der Waals surface area (Å²) < 4.78 is 0.964. The van der Waals surface area contributed by atoms with Crippen LogP contribution in [0.1, 0.15) is 32.6 Å². The van der Waals surface area contributed by atoms with Gasteiger partial charge in [-0.1, -0.05) is 35.9 Å². The van der Waals surface area contributed by atoms with Gasteiger partial charge in [0.15, 0.2) is 0 Å². The Hall–Kier alpha value is -0.350. The number of halogens is 1. The average Bonchev–Trinajstić information content (AvgIpc) is 2.20. The molecular formula is C12H20BrNO2. The van der Waals surface area contributed by atoms with E-state index in [1.807, 2.05) is 0 Å². The van der Waals surface area contributed by atoms with Crippen molar-refractivity contribution in [1.29, 1.82) is 0 Å². The van der Waals surface area contributed by atoms with Gasteiger partial charge in [0.2, 0.25) is 0 Å². The van der Waals surface area contributed by atoms with Crippen LogP contribution in [0.15, 0.2) is 11.1 Å². The molecule has 92 valence electrons. The smallest absolute Gasteiger partial charge is 0.309 e. The van der Waals surface area contributed by atoms with Gasteiger partial charge in [0.1, 0.15) is 0 Å². The van der Waals surface area contributed by atoms with Crippen LogP contribution in [0.4, 0.5) is 0 Å². The van der Waals surface area contributed by atoms with Gasteiger partial charge in [0.25, 0.3) is 0 Å². The number of rotatable bonds is 5. The molecule has 1 rings (SSSR count). The molecule has 1 saturated heterocycles. The van der Waals surface area contributed by atoms with E-state index < -0.39 is 11.4 Å². The van der Waals surface area contributed by atoms with Gasteiger partial charge in [-0.2, -0.15) is 0 Å². The molecule has 0 aromatic carbocycles. The fourth-order valence-electron chi connectivity index (χ4n) is 2.43. The largest absolute Gasteiger partial charge is 0.481 e. The Balaban J connectivity index is 2.56. The first-order valence-electron chi connectivity index (χ1n) is 5.79. The lowest BCUT2D eigenvalue weighted by Crippen LogP contribution is -2.44. The highest BCUT2D eigenvalue weighted by molar-refractivity contribution is 9.11. The molecule has 0 spiro atoms. The molecule has 1 aliphatic rings. The zero-order chi connectivity index (χ0) is 12.2. The molecule has 1 N–H and O–H groups in total. The number of hydrogen-bond donors (Lipinski definition) is 1. The van der Waals surface area contributed by atoms with E-state index in [-0.39, 0.29) is 0 Å². The molecule has 0 atom stereocenters. The predicted octanol–water partition coefficient (Wildman–Crippen LogP) is 2.86. The molecule has 0 amide bonds. The highest BCUT2D eigenvalue weighted by Crippen LogP contribution is 2.36. The lowest BCUT2D eigenvalue weighted by atomic mass is 9.75. The average molecular weight is 290 g/mol. The summed E-state index contributed by atoms with van der Waals surface area (Å²) in [5.74, 6) is -0.619. The predicted molar refractivity (Wildman–Crippen MR) is 68.7 cm³/mol. The van der Waals surface area contributed by atoms with Crippen molar-refractivity contribution in [1.82, 2.24) is 4.90 Å². The van der Waals surface area contributed by atoms with Crippen LogP contribution in [0.25, 0.3) is 0 Å². The first-order valence-corrected chi connectivity index (χ1v) is 6.58. The van der Waals surface area contributed by atoms with Gasteiger partial charge >= 0.3 is 5.97 Å². The third-order valence-corrected chi connectivity index (χ3v) is 3.64. The van der Waals surface area contributed by atoms with Crippen LogP contribution in [-0.4, -0.2) is 35.6 Å². The summed E-state index contributed by atoms with van der Waals surface area (Å²) in [5.41, 5.74) is -0.473. The maximum Gasteiger partial charge on any atom is 0.309 e. The van der Waals surface area contributed by atoms with Gasteiger partial charge in [-0.15, -0.1) is 0 Å². The second-order valence-corrected chi connectivity index (χ2v) is 5.75. The molecular weight excluding hydrogens is 270 g/mol. The van der Waals surface area contributed by atoms with Crippen LogP contribution in [0.5, 0.6) is 0 Å². The number of carboxylic acids is 1. The molecule has 0 saturated carbocycles. The summed E-state index contributed by atoms with van der Waals surface area (Å²) in [6.07, 6.45) is 3.26. The van der Waals surface area contributed by atoms with Crippen LogP contribution in [0, 0.1) is 5.41 Å². The minimum Gasteiger partial charge on any atom is -0.481 e. The molecule has 0 unspecified atom stereocenters. The topological polar surface area (TPSA) is 40.5 Å². The number of likely N-dealkylation sites (tertiary alicyclic amines) is 1. The Morgan fingerprint density at radius 3 is 2.44 bits per heavy atom. The standard InChI is InChI=1S/C12H20BrNO2/c1-3-4-12(11(15)16)5-7-14(8-6-12)9-10(2)13/h2-9H2,1H3,(H,15,16). The van der Waals surface area contributed by atoms with E-state index in [0.29, 0.717) is 0 Å². The van der Waals surface area contributed by atoms with Gasteiger partial charge in [-0.25, -0.2) is 0 Å². The number of carboxylic acid groups (broad SMARTS) is 1. The minimum absolute atomic E-state index is 0.473. The second kappa shape index (κ2) is 5.82. The highest BCUT2D eigenvalue weighted by atomic mass is 79.9. The van der Waals surface area contributed by atoms with Crippen molar-refractivity contribution in [2.75, 3.05) is 19.6 Å². The second-order valence-electron chi connectivity index (χ2n) is 4.63. The Morgan fingerprint density at radius 1 is 1.50 bits per heavy atom. The minimum atomic E-state index is -0.619. The summed E-state index contributed by atoms with van der Waals surface area (Å²) in [4.78, 5) is 13.6. The van der Waals surface area contributed by atoms with Crippen molar-refractivity contribution in [3.8, 4) is 0 Å². The van der Waals surface area contributed by atoms with Crippen molar-refractivity contribution in [3.05, 3.63) is 11.1 Å². The molecule has 16 heavy (non-hydrogen) atoms. The van der Waals surface area contributed by atoms with Gasteiger partial charge in [-0.3, -0.25) is 9.69 Å². The fraction of sp³-hybridized carbons (Fsp3) is 0.750. The number of aliphatic carboxylic acids is 1. The fourth-order valence-corrected chi connectivity index (χ4v) is 2.79. The molecule has 0 aromatic heterocycles. The molecule has 1 heterocycles. The highest BCUT2D eigenvalue weighted by Gasteiger charge is 2.40.